The molecular formula is C121H128N6O6. The molecule has 0 radical (unpaired) electrons. The van der Waals surface area contributed by atoms with Gasteiger partial charge in [0.05, 0.1) is 35.6 Å². The van der Waals surface area contributed by atoms with Gasteiger partial charge in [-0.2, -0.15) is 0 Å². The van der Waals surface area contributed by atoms with E-state index in [-0.39, 0.29) is 31.1 Å². The molecule has 6 heterocycles. The smallest absolute Gasteiger partial charge is 0.203 e. The fraction of sp³-hybridized carbons (Fsp3) is 0.256. The molecule has 678 valence electrons. The molecule has 0 spiro atoms. The van der Waals surface area contributed by atoms with Crippen molar-refractivity contribution >= 4 is 45.6 Å². The van der Waals surface area contributed by atoms with Crippen LogP contribution >= 0.6 is 0 Å². The van der Waals surface area contributed by atoms with E-state index in [1.54, 1.807) is 0 Å². The van der Waals surface area contributed by atoms with Crippen LogP contribution in [0.25, 0.3) is 11.5 Å². The second kappa shape index (κ2) is 43.3. The summed E-state index contributed by atoms with van der Waals surface area (Å²) < 4.78 is 45.8. The Labute approximate surface area is 791 Å². The van der Waals surface area contributed by atoms with Crippen LogP contribution < -0.4 is 29.4 Å². The zero-order chi connectivity index (χ0) is 93.3. The topological polar surface area (TPSA) is 74.8 Å². The third-order valence-electron chi connectivity index (χ3n) is 26.7. The van der Waals surface area contributed by atoms with Crippen molar-refractivity contribution in [3.63, 3.8) is 0 Å². The summed E-state index contributed by atoms with van der Waals surface area (Å²) >= 11 is 0. The second-order valence-electron chi connectivity index (χ2n) is 35.6. The lowest BCUT2D eigenvalue weighted by atomic mass is 9.87. The molecule has 13 aromatic rings. The van der Waals surface area contributed by atoms with Crippen molar-refractivity contribution in [3.8, 4) is 0 Å². The van der Waals surface area contributed by atoms with Gasteiger partial charge in [-0.1, -0.05) is 354 Å². The molecule has 0 aromatic heterocycles. The highest BCUT2D eigenvalue weighted by atomic mass is 16.5. The summed E-state index contributed by atoms with van der Waals surface area (Å²) in [5, 5.41) is 0. The molecule has 2 aliphatic carbocycles. The van der Waals surface area contributed by atoms with Crippen molar-refractivity contribution < 1.29 is 29.8 Å². The van der Waals surface area contributed by atoms with E-state index in [4.69, 9.17) is 29.8 Å². The van der Waals surface area contributed by atoms with Crippen molar-refractivity contribution in [1.82, 2.24) is 0 Å². The van der Waals surface area contributed by atoms with Gasteiger partial charge in [0.25, 0.3) is 0 Å². The number of para-hydroxylation sites is 6. The summed E-state index contributed by atoms with van der Waals surface area (Å²) in [4.78, 5) is 13.6. The maximum Gasteiger partial charge on any atom is 0.203 e. The van der Waals surface area contributed by atoms with Crippen LogP contribution in [0.1, 0.15) is 218 Å². The van der Waals surface area contributed by atoms with Crippen molar-refractivity contribution in [3.05, 3.63) is 487 Å². The van der Waals surface area contributed by atoms with Gasteiger partial charge >= 0.3 is 0 Å². The quantitative estimate of drug-likeness (QED) is 0.0981. The van der Waals surface area contributed by atoms with Crippen molar-refractivity contribution in [2.75, 3.05) is 36.1 Å². The molecule has 6 unspecified atom stereocenters. The molecule has 2 fully saturated rings. The lowest BCUT2D eigenvalue weighted by molar-refractivity contribution is 0.112. The molecule has 6 atom stereocenters. The summed E-state index contributed by atoms with van der Waals surface area (Å²) in [5.74, 6) is 7.30. The minimum absolute atomic E-state index is 0.0529. The molecule has 21 rings (SSSR count). The van der Waals surface area contributed by atoms with Gasteiger partial charge in [-0.25, -0.2) is 0 Å². The predicted molar refractivity (Wildman–Crippen MR) is 548 cm³/mol. The SMILES string of the molecule is CC1=C(C)N(c2ccccc2C)C(c2ccccc2)O1.CC1=C(C)N(c2ccccc2C)C(c2ccccc2)O1.CC1=C(C2CCCC2)OC(c2ccccc2)N1c1ccccc1C.CC1=C(C2CCCCC2)OC(c2ccccc2)N1c1ccccc1C.CC1=C(c2ccccc2)OC(c2ccccc2)N1c1ccccc1C.[2H]C1OC(c2ccccc2)=C(C)N1c1ccccc1C. The zero-order valence-electron chi connectivity index (χ0n) is 80.7. The first-order chi connectivity index (χ1) is 65.3. The van der Waals surface area contributed by atoms with Crippen molar-refractivity contribution in [2.45, 2.75) is 186 Å². The predicted octanol–water partition coefficient (Wildman–Crippen LogP) is 32.0. The minimum Gasteiger partial charge on any atom is -0.470 e. The number of nitrogens with zero attached hydrogens (tertiary/aromatic N) is 6. The van der Waals surface area contributed by atoms with E-state index in [1.807, 2.05) is 111 Å². The molecule has 133 heavy (non-hydrogen) atoms. The van der Waals surface area contributed by atoms with Crippen LogP contribution in [-0.2, 0) is 28.4 Å². The molecule has 8 aliphatic rings. The van der Waals surface area contributed by atoms with Crippen LogP contribution in [0, 0.1) is 53.4 Å². The fourth-order valence-corrected chi connectivity index (χ4v) is 19.3. The van der Waals surface area contributed by atoms with E-state index in [1.165, 1.54) is 171 Å². The van der Waals surface area contributed by atoms with Crippen LogP contribution in [0.4, 0.5) is 34.1 Å². The van der Waals surface area contributed by atoms with E-state index >= 15 is 0 Å². The Morgan fingerprint density at radius 2 is 0.451 bits per heavy atom. The minimum atomic E-state index is -0.730. The van der Waals surface area contributed by atoms with Gasteiger partial charge in [0, 0.05) is 84.9 Å². The van der Waals surface area contributed by atoms with Crippen LogP contribution in [0.15, 0.2) is 415 Å². The third kappa shape index (κ3) is 20.8. The number of rotatable bonds is 15. The second-order valence-corrected chi connectivity index (χ2v) is 35.6. The van der Waals surface area contributed by atoms with Gasteiger partial charge in [-0.05, 0) is 192 Å². The average molecular weight is 1760 g/mol. The number of hydrogen-bond acceptors (Lipinski definition) is 12. The summed E-state index contributed by atoms with van der Waals surface area (Å²) in [7, 11) is 0. The Bertz CT molecular complexity index is 6210. The first-order valence-corrected chi connectivity index (χ1v) is 47.4. The highest BCUT2D eigenvalue weighted by Gasteiger charge is 2.42. The lowest BCUT2D eigenvalue weighted by Gasteiger charge is -2.28. The van der Waals surface area contributed by atoms with E-state index in [2.05, 4.69) is 374 Å². The number of ether oxygens (including phenoxy) is 6. The summed E-state index contributed by atoms with van der Waals surface area (Å²) in [6, 6.07) is 123. The number of aryl methyl sites for hydroxylation is 6. The van der Waals surface area contributed by atoms with Gasteiger partial charge in [-0.3, -0.25) is 0 Å². The molecule has 0 saturated heterocycles. The van der Waals surface area contributed by atoms with Gasteiger partial charge in [0.2, 0.25) is 31.1 Å². The first-order valence-electron chi connectivity index (χ1n) is 47.9. The number of hydrogen-bond donors (Lipinski definition) is 0. The van der Waals surface area contributed by atoms with E-state index in [9.17, 15) is 0 Å². The highest BCUT2D eigenvalue weighted by molar-refractivity contribution is 5.75. The largest absolute Gasteiger partial charge is 0.470 e. The molecular weight excluding hydrogens is 1630 g/mol. The standard InChI is InChI=1S/C23H27NO.C23H21NO.C22H25NO.2C18H19NO.C17H17NO/c2*1-17-11-9-10-16-21(17)24-18(2)22(19-12-5-3-6-13-19)25-23(24)20-14-7-4-8-15-20;1-16-10-6-9-15-20(16)23-17(2)21(18-11-7-8-12-18)24-22(23)19-13-4-3-5-14-19;2*1-13-9-7-8-12-17(13)19-14(2)15(3)20-18(19)16-10-5-4-6-11-16;1-13-8-6-7-11-16(13)18-12-19-17(14(18)2)15-9-4-3-5-10-15/h4,7-11,14-16,19,23H,3,5-6,12-13H2,1-2H3;3-16,23H,1-2H3;3-6,9-10,13-15,18,22H,7-8,11-12H2,1-2H3;2*4-12,18H,1-3H3;3-11H,12H2,1-2H3/i;;;;;12D. The zero-order valence-corrected chi connectivity index (χ0v) is 79.7. The van der Waals surface area contributed by atoms with Crippen molar-refractivity contribution in [1.29, 1.82) is 0 Å². The summed E-state index contributed by atoms with van der Waals surface area (Å²) in [6.07, 6.45) is 11.3. The average Bonchev–Trinajstić information content (AvgIpc) is 1.62. The van der Waals surface area contributed by atoms with E-state index in [0.29, 0.717) is 11.8 Å². The maximum absolute atomic E-state index is 8.20. The Morgan fingerprint density at radius 1 is 0.218 bits per heavy atom. The van der Waals surface area contributed by atoms with Gasteiger partial charge in [0.1, 0.15) is 34.6 Å². The Kier molecular flexibility index (Phi) is 29.6. The van der Waals surface area contributed by atoms with Crippen molar-refractivity contribution in [2.24, 2.45) is 11.8 Å². The van der Waals surface area contributed by atoms with Gasteiger partial charge < -0.3 is 57.8 Å². The summed E-state index contributed by atoms with van der Waals surface area (Å²) in [5.41, 5.74) is 29.7. The number of anilines is 6. The molecule has 13 aromatic carbocycles. The molecule has 12 nitrogen and oxygen atoms in total. The van der Waals surface area contributed by atoms with Gasteiger partial charge in [0.15, 0.2) is 6.71 Å². The maximum atomic E-state index is 8.20. The normalized spacial score (nSPS) is 19.4. The highest BCUT2D eigenvalue weighted by Crippen LogP contribution is 2.51. The number of benzene rings is 13. The first kappa shape index (κ1) is 90.8. The molecule has 0 bridgehead atoms. The van der Waals surface area contributed by atoms with Crippen LogP contribution in [0.5, 0.6) is 0 Å². The Balaban J connectivity index is 0.000000117. The molecule has 2 saturated carbocycles. The summed E-state index contributed by atoms with van der Waals surface area (Å²) in [6.45, 7) is 29.0. The van der Waals surface area contributed by atoms with Crippen LogP contribution in [0.2, 0.25) is 0 Å². The van der Waals surface area contributed by atoms with Crippen LogP contribution in [-0.4, -0.2) is 6.71 Å². The molecule has 6 aliphatic heterocycles. The van der Waals surface area contributed by atoms with E-state index in [0.717, 1.165) is 62.4 Å². The Morgan fingerprint density at radius 3 is 0.752 bits per heavy atom. The number of allylic oxidation sites excluding steroid dienone is 10. The fourth-order valence-electron chi connectivity index (χ4n) is 19.3. The van der Waals surface area contributed by atoms with Crippen LogP contribution in [0.3, 0.4) is 0 Å². The van der Waals surface area contributed by atoms with Gasteiger partial charge in [-0.15, -0.1) is 0 Å². The molecule has 12 heteroatoms. The third-order valence-corrected chi connectivity index (χ3v) is 26.7. The lowest BCUT2D eigenvalue weighted by Crippen LogP contribution is -2.23. The Hall–Kier alpha value is -14.1. The van der Waals surface area contributed by atoms with E-state index < -0.39 is 6.71 Å². The monoisotopic (exact) mass is 1760 g/mol. The molecule has 0 N–H and O–H groups in total. The molecule has 0 amide bonds.